The van der Waals surface area contributed by atoms with Crippen molar-refractivity contribution < 1.29 is 22.7 Å². The zero-order chi connectivity index (χ0) is 23.6. The summed E-state index contributed by atoms with van der Waals surface area (Å²) in [7, 11) is 5.48. The first-order chi connectivity index (χ1) is 15.0. The topological polar surface area (TPSA) is 32.8 Å². The average Bonchev–Trinajstić information content (AvgIpc) is 2.86. The number of halogens is 3. The van der Waals surface area contributed by atoms with Crippen LogP contribution in [0.15, 0.2) is 42.5 Å². The molecule has 0 aromatic heterocycles. The van der Waals surface area contributed by atoms with Crippen molar-refractivity contribution >= 4 is 11.5 Å². The molecule has 1 heterocycles. The van der Waals surface area contributed by atoms with Crippen LogP contribution in [0.25, 0.3) is 0 Å². The molecule has 3 rings (SSSR count). The SMILES string of the molecule is COc1ccc(C2C(=O)c3cc(C(F)(F)F)ccc3N(CCN(C)C)CC2C(C)C)cc1. The van der Waals surface area contributed by atoms with Gasteiger partial charge in [0.2, 0.25) is 0 Å². The van der Waals surface area contributed by atoms with Crippen molar-refractivity contribution in [3.8, 4) is 5.75 Å². The molecule has 0 spiro atoms. The summed E-state index contributed by atoms with van der Waals surface area (Å²) in [6.45, 7) is 6.07. The number of hydrogen-bond acceptors (Lipinski definition) is 4. The Bertz CT molecular complexity index is 939. The van der Waals surface area contributed by atoms with Gasteiger partial charge in [0.1, 0.15) is 5.75 Å². The molecule has 2 atom stereocenters. The fourth-order valence-electron chi connectivity index (χ4n) is 4.34. The third kappa shape index (κ3) is 5.09. The van der Waals surface area contributed by atoms with Crippen molar-refractivity contribution in [1.29, 1.82) is 0 Å². The summed E-state index contributed by atoms with van der Waals surface area (Å²) in [5, 5.41) is 0. The molecule has 0 saturated heterocycles. The second kappa shape index (κ2) is 9.53. The minimum atomic E-state index is -4.51. The standard InChI is InChI=1S/C25H31F3N2O2/c1-16(2)21-15-30(13-12-29(3)4)22-11-8-18(25(26,27)28)14-20(22)24(31)23(21)17-6-9-19(32-5)10-7-17/h6-11,14,16,21,23H,12-13,15H2,1-5H3. The number of hydrogen-bond donors (Lipinski definition) is 0. The highest BCUT2D eigenvalue weighted by molar-refractivity contribution is 6.06. The van der Waals surface area contributed by atoms with E-state index in [4.69, 9.17) is 4.74 Å². The van der Waals surface area contributed by atoms with E-state index in [1.807, 2.05) is 31.1 Å². The third-order valence-electron chi connectivity index (χ3n) is 6.22. The smallest absolute Gasteiger partial charge is 0.416 e. The molecule has 1 aliphatic heterocycles. The van der Waals surface area contributed by atoms with Crippen molar-refractivity contribution in [2.24, 2.45) is 11.8 Å². The third-order valence-corrected chi connectivity index (χ3v) is 6.22. The van der Waals surface area contributed by atoms with Crippen LogP contribution in [0.4, 0.5) is 18.9 Å². The average molecular weight is 449 g/mol. The lowest BCUT2D eigenvalue weighted by atomic mass is 9.76. The molecule has 0 saturated carbocycles. The number of alkyl halides is 3. The zero-order valence-corrected chi connectivity index (χ0v) is 19.2. The van der Waals surface area contributed by atoms with Gasteiger partial charge in [0, 0.05) is 30.9 Å². The van der Waals surface area contributed by atoms with Crippen LogP contribution in [0, 0.1) is 11.8 Å². The fraction of sp³-hybridized carbons (Fsp3) is 0.480. The molecule has 0 fully saturated rings. The van der Waals surface area contributed by atoms with Gasteiger partial charge < -0.3 is 14.5 Å². The number of methoxy groups -OCH3 is 1. The molecule has 0 aliphatic carbocycles. The highest BCUT2D eigenvalue weighted by atomic mass is 19.4. The Morgan fingerprint density at radius 1 is 1.12 bits per heavy atom. The van der Waals surface area contributed by atoms with E-state index < -0.39 is 17.7 Å². The number of carbonyl (C=O) groups excluding carboxylic acids is 1. The normalized spacial score (nSPS) is 19.3. The number of Topliss-reactive ketones (excluding diaryl/α,β-unsaturated/α-hetero) is 1. The summed E-state index contributed by atoms with van der Waals surface area (Å²) in [4.78, 5) is 17.9. The number of ether oxygens (including phenoxy) is 1. The van der Waals surface area contributed by atoms with Crippen LogP contribution in [-0.4, -0.2) is 51.5 Å². The van der Waals surface area contributed by atoms with E-state index in [-0.39, 0.29) is 23.2 Å². The number of likely N-dealkylation sites (N-methyl/N-ethyl adjacent to an activating group) is 1. The molecule has 0 radical (unpaired) electrons. The summed E-state index contributed by atoms with van der Waals surface area (Å²) in [6, 6.07) is 10.8. The Labute approximate surface area is 188 Å². The van der Waals surface area contributed by atoms with Crippen molar-refractivity contribution in [3.05, 3.63) is 59.2 Å². The van der Waals surface area contributed by atoms with Gasteiger partial charge in [0.15, 0.2) is 5.78 Å². The zero-order valence-electron chi connectivity index (χ0n) is 19.2. The van der Waals surface area contributed by atoms with E-state index in [2.05, 4.69) is 18.7 Å². The van der Waals surface area contributed by atoms with Crippen molar-refractivity contribution in [2.45, 2.75) is 25.9 Å². The molecular weight excluding hydrogens is 417 g/mol. The lowest BCUT2D eigenvalue weighted by molar-refractivity contribution is -0.137. The molecule has 174 valence electrons. The van der Waals surface area contributed by atoms with Gasteiger partial charge in [-0.05, 0) is 61.8 Å². The summed E-state index contributed by atoms with van der Waals surface area (Å²) >= 11 is 0. The molecular formula is C25H31F3N2O2. The van der Waals surface area contributed by atoms with Crippen LogP contribution in [0.5, 0.6) is 5.75 Å². The minimum absolute atomic E-state index is 0.0557. The molecule has 32 heavy (non-hydrogen) atoms. The monoisotopic (exact) mass is 448 g/mol. The van der Waals surface area contributed by atoms with Crippen LogP contribution in [0.1, 0.15) is 41.3 Å². The first-order valence-electron chi connectivity index (χ1n) is 10.8. The van der Waals surface area contributed by atoms with E-state index in [0.29, 0.717) is 24.5 Å². The Kier molecular flexibility index (Phi) is 7.18. The summed E-state index contributed by atoms with van der Waals surface area (Å²) in [5.74, 6) is -0.0257. The van der Waals surface area contributed by atoms with Crippen LogP contribution in [0.2, 0.25) is 0 Å². The van der Waals surface area contributed by atoms with Gasteiger partial charge in [-0.15, -0.1) is 0 Å². The van der Waals surface area contributed by atoms with Crippen molar-refractivity contribution in [2.75, 3.05) is 45.7 Å². The lowest BCUT2D eigenvalue weighted by Crippen LogP contribution is -2.37. The highest BCUT2D eigenvalue weighted by Gasteiger charge is 2.40. The van der Waals surface area contributed by atoms with Gasteiger partial charge in [-0.25, -0.2) is 0 Å². The molecule has 0 amide bonds. The molecule has 2 unspecified atom stereocenters. The van der Waals surface area contributed by atoms with Gasteiger partial charge in [-0.3, -0.25) is 4.79 Å². The first kappa shape index (κ1) is 24.1. The number of rotatable bonds is 6. The largest absolute Gasteiger partial charge is 0.497 e. The second-order valence-corrected chi connectivity index (χ2v) is 9.00. The maximum absolute atomic E-state index is 13.8. The Morgan fingerprint density at radius 2 is 1.78 bits per heavy atom. The maximum Gasteiger partial charge on any atom is 0.416 e. The molecule has 7 heteroatoms. The predicted molar refractivity (Wildman–Crippen MR) is 121 cm³/mol. The van der Waals surface area contributed by atoms with Crippen LogP contribution < -0.4 is 9.64 Å². The first-order valence-corrected chi connectivity index (χ1v) is 10.8. The minimum Gasteiger partial charge on any atom is -0.497 e. The van der Waals surface area contributed by atoms with E-state index in [1.165, 1.54) is 6.07 Å². The van der Waals surface area contributed by atoms with E-state index in [0.717, 1.165) is 24.2 Å². The number of benzene rings is 2. The Balaban J connectivity index is 2.16. The molecule has 0 N–H and O–H groups in total. The molecule has 4 nitrogen and oxygen atoms in total. The van der Waals surface area contributed by atoms with Crippen LogP contribution in [-0.2, 0) is 6.18 Å². The quantitative estimate of drug-likeness (QED) is 0.598. The van der Waals surface area contributed by atoms with E-state index in [9.17, 15) is 18.0 Å². The number of nitrogens with zero attached hydrogens (tertiary/aromatic N) is 2. The van der Waals surface area contributed by atoms with Gasteiger partial charge in [-0.1, -0.05) is 26.0 Å². The second-order valence-electron chi connectivity index (χ2n) is 9.00. The fourth-order valence-corrected chi connectivity index (χ4v) is 4.34. The summed E-state index contributed by atoms with van der Waals surface area (Å²) in [5.41, 5.74) is 0.718. The molecule has 2 aromatic rings. The van der Waals surface area contributed by atoms with E-state index in [1.54, 1.807) is 19.2 Å². The molecule has 2 aromatic carbocycles. The molecule has 1 aliphatic rings. The highest BCUT2D eigenvalue weighted by Crippen LogP contribution is 2.42. The Morgan fingerprint density at radius 3 is 2.31 bits per heavy atom. The van der Waals surface area contributed by atoms with Gasteiger partial charge in [0.05, 0.1) is 18.6 Å². The van der Waals surface area contributed by atoms with E-state index >= 15 is 0 Å². The lowest BCUT2D eigenvalue weighted by Gasteiger charge is -2.33. The Hall–Kier alpha value is -2.54. The van der Waals surface area contributed by atoms with Crippen LogP contribution >= 0.6 is 0 Å². The summed E-state index contributed by atoms with van der Waals surface area (Å²) in [6.07, 6.45) is -4.51. The van der Waals surface area contributed by atoms with Gasteiger partial charge >= 0.3 is 6.18 Å². The van der Waals surface area contributed by atoms with Crippen molar-refractivity contribution in [3.63, 3.8) is 0 Å². The number of fused-ring (bicyclic) bond motifs is 1. The number of ketones is 1. The van der Waals surface area contributed by atoms with Crippen molar-refractivity contribution in [1.82, 2.24) is 4.90 Å². The van der Waals surface area contributed by atoms with Crippen LogP contribution in [0.3, 0.4) is 0 Å². The molecule has 0 bridgehead atoms. The predicted octanol–water partition coefficient (Wildman–Crippen LogP) is 5.33. The van der Waals surface area contributed by atoms with Gasteiger partial charge in [0.25, 0.3) is 0 Å². The van der Waals surface area contributed by atoms with Gasteiger partial charge in [-0.2, -0.15) is 13.2 Å². The summed E-state index contributed by atoms with van der Waals surface area (Å²) < 4.78 is 45.7. The number of anilines is 1. The number of carbonyl (C=O) groups is 1. The maximum atomic E-state index is 13.8.